The molecule has 1 aromatic rings. The molecular weight excluding hydrogens is 281 g/mol. The van der Waals surface area contributed by atoms with Crippen LogP contribution in [0.4, 0.5) is 5.69 Å². The molecule has 0 unspecified atom stereocenters. The number of anilines is 1. The molecule has 0 aliphatic heterocycles. The van der Waals surface area contributed by atoms with Gasteiger partial charge in [-0.15, -0.1) is 10.2 Å². The minimum absolute atomic E-state index is 0.387. The summed E-state index contributed by atoms with van der Waals surface area (Å²) in [7, 11) is 0. The molecule has 0 saturated heterocycles. The zero-order chi connectivity index (χ0) is 14.4. The highest BCUT2D eigenvalue weighted by molar-refractivity contribution is 6.33. The average Bonchev–Trinajstić information content (AvgIpc) is 2.32. The summed E-state index contributed by atoms with van der Waals surface area (Å²) in [5, 5.41) is 8.48. The van der Waals surface area contributed by atoms with E-state index in [0.29, 0.717) is 22.1 Å². The van der Waals surface area contributed by atoms with Crippen molar-refractivity contribution in [3.05, 3.63) is 16.4 Å². The third-order valence-corrected chi connectivity index (χ3v) is 3.45. The maximum Gasteiger partial charge on any atom is 0.175 e. The van der Waals surface area contributed by atoms with Crippen LogP contribution in [0, 0.1) is 11.8 Å². The quantitative estimate of drug-likeness (QED) is 0.732. The van der Waals surface area contributed by atoms with Crippen molar-refractivity contribution in [1.29, 1.82) is 0 Å². The van der Waals surface area contributed by atoms with Gasteiger partial charge in [0.05, 0.1) is 5.69 Å². The number of hydrogen-bond acceptors (Lipinski definition) is 3. The Morgan fingerprint density at radius 3 is 2.00 bits per heavy atom. The smallest absolute Gasteiger partial charge is 0.175 e. The number of hydrogen-bond donors (Lipinski definition) is 0. The predicted octanol–water partition coefficient (Wildman–Crippen LogP) is 4.68. The van der Waals surface area contributed by atoms with Crippen LogP contribution in [0.15, 0.2) is 6.07 Å². The summed E-state index contributed by atoms with van der Waals surface area (Å²) in [5.74, 6) is 1.32. The monoisotopic (exact) mass is 303 g/mol. The van der Waals surface area contributed by atoms with Crippen LogP contribution in [-0.2, 0) is 0 Å². The Hall–Kier alpha value is -0.540. The molecule has 5 heteroatoms. The van der Waals surface area contributed by atoms with Gasteiger partial charge in [-0.1, -0.05) is 50.9 Å². The predicted molar refractivity (Wildman–Crippen MR) is 83.2 cm³/mol. The van der Waals surface area contributed by atoms with Crippen LogP contribution in [-0.4, -0.2) is 23.3 Å². The fourth-order valence-electron chi connectivity index (χ4n) is 1.75. The van der Waals surface area contributed by atoms with Gasteiger partial charge in [-0.2, -0.15) is 0 Å². The summed E-state index contributed by atoms with van der Waals surface area (Å²) in [4.78, 5) is 2.27. The lowest BCUT2D eigenvalue weighted by molar-refractivity contribution is 0.535. The van der Waals surface area contributed by atoms with Crippen molar-refractivity contribution in [3.8, 4) is 0 Å². The van der Waals surface area contributed by atoms with Crippen LogP contribution in [0.2, 0.25) is 10.3 Å². The van der Waals surface area contributed by atoms with Crippen molar-refractivity contribution in [2.45, 2.75) is 40.5 Å². The lowest BCUT2D eigenvalue weighted by Crippen LogP contribution is -2.28. The van der Waals surface area contributed by atoms with Crippen LogP contribution >= 0.6 is 23.2 Å². The molecule has 0 amide bonds. The van der Waals surface area contributed by atoms with Crippen LogP contribution < -0.4 is 4.90 Å². The third-order valence-electron chi connectivity index (χ3n) is 2.99. The van der Waals surface area contributed by atoms with Crippen molar-refractivity contribution in [2.75, 3.05) is 18.0 Å². The first-order chi connectivity index (χ1) is 8.90. The van der Waals surface area contributed by atoms with Gasteiger partial charge >= 0.3 is 0 Å². The largest absolute Gasteiger partial charge is 0.369 e. The van der Waals surface area contributed by atoms with E-state index in [4.69, 9.17) is 23.2 Å². The first-order valence-corrected chi connectivity index (χ1v) is 7.59. The van der Waals surface area contributed by atoms with E-state index in [0.717, 1.165) is 31.6 Å². The lowest BCUT2D eigenvalue weighted by atomic mass is 10.1. The van der Waals surface area contributed by atoms with E-state index in [1.165, 1.54) is 0 Å². The summed E-state index contributed by atoms with van der Waals surface area (Å²) in [5.41, 5.74) is 0.892. The fourth-order valence-corrected chi connectivity index (χ4v) is 2.10. The topological polar surface area (TPSA) is 29.0 Å². The third kappa shape index (κ3) is 5.96. The number of nitrogens with zero attached hydrogens (tertiary/aromatic N) is 3. The second kappa shape index (κ2) is 7.91. The van der Waals surface area contributed by atoms with Gasteiger partial charge in [0.1, 0.15) is 0 Å². The van der Waals surface area contributed by atoms with Crippen LogP contribution in [0.5, 0.6) is 0 Å². The van der Waals surface area contributed by atoms with E-state index < -0.39 is 0 Å². The Bertz CT molecular complexity index is 382. The van der Waals surface area contributed by atoms with Crippen LogP contribution in [0.25, 0.3) is 0 Å². The lowest BCUT2D eigenvalue weighted by Gasteiger charge is -2.26. The highest BCUT2D eigenvalue weighted by Gasteiger charge is 2.14. The molecule has 0 bridgehead atoms. The molecule has 1 heterocycles. The molecule has 0 aliphatic carbocycles. The standard InChI is InChI=1S/C14H23Cl2N3/c1-10(2)5-7-19(8-6-11(3)4)12-9-13(15)17-18-14(12)16/h9-11H,5-8H2,1-4H3. The van der Waals surface area contributed by atoms with Gasteiger partial charge in [-0.3, -0.25) is 0 Å². The summed E-state index contributed by atoms with van der Waals surface area (Å²) >= 11 is 12.1. The zero-order valence-corrected chi connectivity index (χ0v) is 13.7. The number of halogens is 2. The van der Waals surface area contributed by atoms with Gasteiger partial charge in [-0.05, 0) is 24.7 Å². The molecule has 108 valence electrons. The molecule has 0 radical (unpaired) electrons. The molecule has 1 rings (SSSR count). The SMILES string of the molecule is CC(C)CCN(CCC(C)C)c1cc(Cl)nnc1Cl. The fraction of sp³-hybridized carbons (Fsp3) is 0.714. The second-order valence-electron chi connectivity index (χ2n) is 5.70. The van der Waals surface area contributed by atoms with Gasteiger partial charge in [0.15, 0.2) is 10.3 Å². The molecule has 0 spiro atoms. The Morgan fingerprint density at radius 2 is 1.53 bits per heavy atom. The van der Waals surface area contributed by atoms with Gasteiger partial charge < -0.3 is 4.90 Å². The molecule has 0 atom stereocenters. The zero-order valence-electron chi connectivity index (χ0n) is 12.2. The first-order valence-electron chi connectivity index (χ1n) is 6.83. The molecular formula is C14H23Cl2N3. The molecule has 0 aromatic carbocycles. The van der Waals surface area contributed by atoms with Gasteiger partial charge in [0.25, 0.3) is 0 Å². The van der Waals surface area contributed by atoms with Crippen LogP contribution in [0.3, 0.4) is 0 Å². The van der Waals surface area contributed by atoms with Gasteiger partial charge in [0.2, 0.25) is 0 Å². The van der Waals surface area contributed by atoms with Crippen molar-refractivity contribution in [1.82, 2.24) is 10.2 Å². The van der Waals surface area contributed by atoms with Crippen molar-refractivity contribution < 1.29 is 0 Å². The van der Waals surface area contributed by atoms with Gasteiger partial charge in [0, 0.05) is 19.2 Å². The Kier molecular flexibility index (Phi) is 6.87. The maximum absolute atomic E-state index is 6.15. The molecule has 3 nitrogen and oxygen atoms in total. The minimum atomic E-state index is 0.387. The van der Waals surface area contributed by atoms with E-state index in [-0.39, 0.29) is 0 Å². The Balaban J connectivity index is 2.83. The van der Waals surface area contributed by atoms with E-state index >= 15 is 0 Å². The van der Waals surface area contributed by atoms with E-state index in [1.807, 2.05) is 0 Å². The van der Waals surface area contributed by atoms with Gasteiger partial charge in [-0.25, -0.2) is 0 Å². The molecule has 19 heavy (non-hydrogen) atoms. The Morgan fingerprint density at radius 1 is 1.00 bits per heavy atom. The molecule has 0 fully saturated rings. The van der Waals surface area contributed by atoms with E-state index in [9.17, 15) is 0 Å². The minimum Gasteiger partial charge on any atom is -0.369 e. The van der Waals surface area contributed by atoms with Crippen molar-refractivity contribution in [3.63, 3.8) is 0 Å². The van der Waals surface area contributed by atoms with E-state index in [2.05, 4.69) is 42.8 Å². The highest BCUT2D eigenvalue weighted by Crippen LogP contribution is 2.26. The molecule has 1 aromatic heterocycles. The summed E-state index contributed by atoms with van der Waals surface area (Å²) in [6, 6.07) is 1.80. The summed E-state index contributed by atoms with van der Waals surface area (Å²) < 4.78 is 0. The van der Waals surface area contributed by atoms with Crippen molar-refractivity contribution in [2.24, 2.45) is 11.8 Å². The molecule has 0 aliphatic rings. The normalized spacial score (nSPS) is 11.4. The van der Waals surface area contributed by atoms with Crippen molar-refractivity contribution >= 4 is 28.9 Å². The second-order valence-corrected chi connectivity index (χ2v) is 6.44. The summed E-state index contributed by atoms with van der Waals surface area (Å²) in [6.45, 7) is 10.8. The molecule has 0 N–H and O–H groups in total. The molecule has 0 saturated carbocycles. The number of rotatable bonds is 7. The average molecular weight is 304 g/mol. The first kappa shape index (κ1) is 16.5. The van der Waals surface area contributed by atoms with Crippen LogP contribution in [0.1, 0.15) is 40.5 Å². The highest BCUT2D eigenvalue weighted by atomic mass is 35.5. The maximum atomic E-state index is 6.15. The summed E-state index contributed by atoms with van der Waals surface area (Å²) in [6.07, 6.45) is 2.24. The van der Waals surface area contributed by atoms with E-state index in [1.54, 1.807) is 6.07 Å². The Labute approximate surface area is 126 Å². The number of aromatic nitrogens is 2.